The van der Waals surface area contributed by atoms with E-state index >= 15 is 0 Å². The molecule has 2 amide bonds. The van der Waals surface area contributed by atoms with Crippen molar-refractivity contribution >= 4 is 29.3 Å². The van der Waals surface area contributed by atoms with Gasteiger partial charge in [-0.05, 0) is 41.5 Å². The smallest absolute Gasteiger partial charge is 0.414 e. The maximum atomic E-state index is 12.4. The molecule has 26 heavy (non-hydrogen) atoms. The van der Waals surface area contributed by atoms with Gasteiger partial charge in [0.25, 0.3) is 5.91 Å². The van der Waals surface area contributed by atoms with Gasteiger partial charge in [-0.15, -0.1) is 0 Å². The second kappa shape index (κ2) is 6.88. The van der Waals surface area contributed by atoms with Crippen molar-refractivity contribution in [1.29, 1.82) is 0 Å². The van der Waals surface area contributed by atoms with Crippen LogP contribution >= 0.6 is 11.6 Å². The standard InChI is InChI=1S/C19H17ClN2O4/c20-14-4-5-16-13(9-14)10-17(26-16)18(23)21-11-12-2-1-3-15(8-12)22-6-7-25-19(22)24/h1-5,8-9,17H,6-7,10-11H2,(H,21,23). The van der Waals surface area contributed by atoms with E-state index in [1.54, 1.807) is 17.0 Å². The van der Waals surface area contributed by atoms with E-state index in [4.69, 9.17) is 21.1 Å². The molecule has 2 aliphatic heterocycles. The highest BCUT2D eigenvalue weighted by molar-refractivity contribution is 6.30. The molecular weight excluding hydrogens is 356 g/mol. The van der Waals surface area contributed by atoms with Gasteiger partial charge in [-0.25, -0.2) is 4.79 Å². The van der Waals surface area contributed by atoms with E-state index < -0.39 is 6.10 Å². The summed E-state index contributed by atoms with van der Waals surface area (Å²) < 4.78 is 10.6. The molecule has 1 atom stereocenters. The van der Waals surface area contributed by atoms with Gasteiger partial charge in [0.15, 0.2) is 6.10 Å². The monoisotopic (exact) mass is 372 g/mol. The Kier molecular flexibility index (Phi) is 4.42. The normalized spacial score (nSPS) is 18.3. The van der Waals surface area contributed by atoms with Crippen LogP contribution in [0.5, 0.6) is 5.75 Å². The molecule has 1 fully saturated rings. The molecule has 6 nitrogen and oxygen atoms in total. The third kappa shape index (κ3) is 3.32. The Morgan fingerprint density at radius 2 is 2.15 bits per heavy atom. The average molecular weight is 373 g/mol. The number of hydrogen-bond acceptors (Lipinski definition) is 4. The van der Waals surface area contributed by atoms with Gasteiger partial charge >= 0.3 is 6.09 Å². The predicted octanol–water partition coefficient (Wildman–Crippen LogP) is 2.92. The fourth-order valence-corrected chi connectivity index (χ4v) is 3.32. The molecule has 4 rings (SSSR count). The molecule has 134 valence electrons. The number of carbonyl (C=O) groups excluding carboxylic acids is 2. The molecule has 2 aromatic rings. The first-order valence-corrected chi connectivity index (χ1v) is 8.74. The largest absolute Gasteiger partial charge is 0.480 e. The fraction of sp³-hybridized carbons (Fsp3) is 0.263. The van der Waals surface area contributed by atoms with Gasteiger partial charge in [0.2, 0.25) is 0 Å². The predicted molar refractivity (Wildman–Crippen MR) is 96.6 cm³/mol. The molecule has 0 saturated carbocycles. The molecule has 2 aromatic carbocycles. The fourth-order valence-electron chi connectivity index (χ4n) is 3.13. The lowest BCUT2D eigenvalue weighted by Crippen LogP contribution is -2.37. The zero-order valence-corrected chi connectivity index (χ0v) is 14.7. The van der Waals surface area contributed by atoms with Gasteiger partial charge in [0.05, 0.1) is 6.54 Å². The average Bonchev–Trinajstić information content (AvgIpc) is 3.25. The van der Waals surface area contributed by atoms with Crippen molar-refractivity contribution in [2.24, 2.45) is 0 Å². The second-order valence-corrected chi connectivity index (χ2v) is 6.65. The summed E-state index contributed by atoms with van der Waals surface area (Å²) in [5, 5.41) is 3.52. The quantitative estimate of drug-likeness (QED) is 0.896. The van der Waals surface area contributed by atoms with Gasteiger partial charge in [0, 0.05) is 23.7 Å². The third-order valence-corrected chi connectivity index (χ3v) is 4.67. The summed E-state index contributed by atoms with van der Waals surface area (Å²) >= 11 is 5.98. The maximum Gasteiger partial charge on any atom is 0.414 e. The van der Waals surface area contributed by atoms with E-state index in [0.29, 0.717) is 36.9 Å². The number of nitrogens with zero attached hydrogens (tertiary/aromatic N) is 1. The van der Waals surface area contributed by atoms with Gasteiger partial charge in [-0.1, -0.05) is 23.7 Å². The minimum absolute atomic E-state index is 0.177. The maximum absolute atomic E-state index is 12.4. The molecule has 1 N–H and O–H groups in total. The van der Waals surface area contributed by atoms with Crippen LogP contribution in [0.15, 0.2) is 42.5 Å². The van der Waals surface area contributed by atoms with Crippen LogP contribution in [0, 0.1) is 0 Å². The number of cyclic esters (lactones) is 1. The Bertz CT molecular complexity index is 870. The molecule has 2 heterocycles. The van der Waals surface area contributed by atoms with Crippen LogP contribution in [-0.4, -0.2) is 31.3 Å². The molecule has 0 aliphatic carbocycles. The Morgan fingerprint density at radius 1 is 1.27 bits per heavy atom. The molecule has 2 aliphatic rings. The van der Waals surface area contributed by atoms with E-state index in [0.717, 1.165) is 16.8 Å². The molecule has 1 saturated heterocycles. The van der Waals surface area contributed by atoms with Crippen molar-refractivity contribution in [3.8, 4) is 5.75 Å². The van der Waals surface area contributed by atoms with E-state index in [2.05, 4.69) is 5.32 Å². The van der Waals surface area contributed by atoms with Crippen LogP contribution in [0.1, 0.15) is 11.1 Å². The first kappa shape index (κ1) is 16.7. The summed E-state index contributed by atoms with van der Waals surface area (Å²) in [4.78, 5) is 25.7. The van der Waals surface area contributed by atoms with Crippen LogP contribution in [0.2, 0.25) is 5.02 Å². The van der Waals surface area contributed by atoms with E-state index in [1.165, 1.54) is 0 Å². The molecule has 7 heteroatoms. The SMILES string of the molecule is O=C(NCc1cccc(N2CCOC2=O)c1)C1Cc2cc(Cl)ccc2O1. The number of nitrogens with one attached hydrogen (secondary N) is 1. The lowest BCUT2D eigenvalue weighted by Gasteiger charge is -2.15. The van der Waals surface area contributed by atoms with Crippen LogP contribution < -0.4 is 15.0 Å². The van der Waals surface area contributed by atoms with Gasteiger partial charge in [-0.3, -0.25) is 9.69 Å². The number of halogens is 1. The van der Waals surface area contributed by atoms with Gasteiger partial charge in [-0.2, -0.15) is 0 Å². The van der Waals surface area contributed by atoms with Crippen molar-refractivity contribution in [2.45, 2.75) is 19.1 Å². The lowest BCUT2D eigenvalue weighted by molar-refractivity contribution is -0.127. The van der Waals surface area contributed by atoms with E-state index in [9.17, 15) is 9.59 Å². The van der Waals surface area contributed by atoms with E-state index in [-0.39, 0.29) is 12.0 Å². The highest BCUT2D eigenvalue weighted by Gasteiger charge is 2.29. The Labute approximate surface area is 155 Å². The number of carbonyl (C=O) groups is 2. The Morgan fingerprint density at radius 3 is 2.96 bits per heavy atom. The summed E-state index contributed by atoms with van der Waals surface area (Å²) in [6.07, 6.45) is -0.399. The zero-order chi connectivity index (χ0) is 18.1. The van der Waals surface area contributed by atoms with Crippen LogP contribution in [0.25, 0.3) is 0 Å². The van der Waals surface area contributed by atoms with Crippen molar-refractivity contribution in [2.75, 3.05) is 18.1 Å². The number of benzene rings is 2. The summed E-state index contributed by atoms with van der Waals surface area (Å²) in [7, 11) is 0. The summed E-state index contributed by atoms with van der Waals surface area (Å²) in [6.45, 7) is 1.28. The number of amides is 2. The summed E-state index contributed by atoms with van der Waals surface area (Å²) in [6, 6.07) is 12.8. The van der Waals surface area contributed by atoms with Crippen molar-refractivity contribution in [3.05, 3.63) is 58.6 Å². The minimum Gasteiger partial charge on any atom is -0.480 e. The summed E-state index contributed by atoms with van der Waals surface area (Å²) in [5.41, 5.74) is 2.60. The molecule has 0 radical (unpaired) electrons. The van der Waals surface area contributed by atoms with Crippen LogP contribution in [-0.2, 0) is 22.5 Å². The topological polar surface area (TPSA) is 67.9 Å². The third-order valence-electron chi connectivity index (χ3n) is 4.44. The van der Waals surface area contributed by atoms with E-state index in [1.807, 2.05) is 30.3 Å². The van der Waals surface area contributed by atoms with Crippen molar-refractivity contribution in [3.63, 3.8) is 0 Å². The first-order valence-electron chi connectivity index (χ1n) is 8.36. The van der Waals surface area contributed by atoms with Crippen molar-refractivity contribution < 1.29 is 19.1 Å². The minimum atomic E-state index is -0.555. The highest BCUT2D eigenvalue weighted by atomic mass is 35.5. The molecule has 0 spiro atoms. The van der Waals surface area contributed by atoms with Gasteiger partial charge in [0.1, 0.15) is 12.4 Å². The number of ether oxygens (including phenoxy) is 2. The molecule has 0 bridgehead atoms. The Hall–Kier alpha value is -2.73. The van der Waals surface area contributed by atoms with Gasteiger partial charge < -0.3 is 14.8 Å². The second-order valence-electron chi connectivity index (χ2n) is 6.22. The van der Waals surface area contributed by atoms with Crippen LogP contribution in [0.4, 0.5) is 10.5 Å². The highest BCUT2D eigenvalue weighted by Crippen LogP contribution is 2.31. The molecular formula is C19H17ClN2O4. The van der Waals surface area contributed by atoms with Crippen molar-refractivity contribution in [1.82, 2.24) is 5.32 Å². The summed E-state index contributed by atoms with van der Waals surface area (Å²) in [5.74, 6) is 0.521. The lowest BCUT2D eigenvalue weighted by atomic mass is 10.1. The zero-order valence-electron chi connectivity index (χ0n) is 13.9. The first-order chi connectivity index (χ1) is 12.6. The number of hydrogen-bond donors (Lipinski definition) is 1. The Balaban J connectivity index is 1.37. The molecule has 0 aromatic heterocycles. The molecule has 1 unspecified atom stereocenters. The van der Waals surface area contributed by atoms with Crippen LogP contribution in [0.3, 0.4) is 0 Å². The number of anilines is 1. The number of fused-ring (bicyclic) bond motifs is 1. The number of rotatable bonds is 4.